The molecular weight excluding hydrogens is 376 g/mol. The number of amides is 1. The van der Waals surface area contributed by atoms with Crippen LogP contribution < -0.4 is 10.1 Å². The van der Waals surface area contributed by atoms with Crippen molar-refractivity contribution in [3.63, 3.8) is 0 Å². The SMILES string of the molecule is COc1ccc(Nc2ccc(C(=O)N(C)CCc3ccncc3)cn2)cc1Cl. The lowest BCUT2D eigenvalue weighted by Crippen LogP contribution is -2.28. The van der Waals surface area contributed by atoms with Crippen molar-refractivity contribution >= 4 is 29.0 Å². The maximum Gasteiger partial charge on any atom is 0.255 e. The Morgan fingerprint density at radius 1 is 1.18 bits per heavy atom. The molecule has 144 valence electrons. The molecule has 3 aromatic rings. The van der Waals surface area contributed by atoms with Crippen molar-refractivity contribution in [1.29, 1.82) is 0 Å². The zero-order valence-corrected chi connectivity index (χ0v) is 16.5. The molecule has 0 spiro atoms. The lowest BCUT2D eigenvalue weighted by atomic mass is 10.2. The summed E-state index contributed by atoms with van der Waals surface area (Å²) >= 11 is 6.13. The van der Waals surface area contributed by atoms with Crippen molar-refractivity contribution in [2.45, 2.75) is 6.42 Å². The molecule has 0 aliphatic carbocycles. The van der Waals surface area contributed by atoms with E-state index in [1.807, 2.05) is 18.2 Å². The van der Waals surface area contributed by atoms with Crippen molar-refractivity contribution in [2.75, 3.05) is 26.0 Å². The van der Waals surface area contributed by atoms with E-state index in [1.165, 1.54) is 0 Å². The minimum absolute atomic E-state index is 0.0689. The Labute approximate surface area is 169 Å². The predicted molar refractivity (Wildman–Crippen MR) is 110 cm³/mol. The highest BCUT2D eigenvalue weighted by atomic mass is 35.5. The van der Waals surface area contributed by atoms with Crippen LogP contribution in [0.3, 0.4) is 0 Å². The molecule has 0 atom stereocenters. The Hall–Kier alpha value is -3.12. The van der Waals surface area contributed by atoms with Crippen molar-refractivity contribution < 1.29 is 9.53 Å². The Balaban J connectivity index is 1.60. The van der Waals surface area contributed by atoms with Crippen LogP contribution in [0.4, 0.5) is 11.5 Å². The molecule has 2 aromatic heterocycles. The molecule has 0 fully saturated rings. The molecule has 28 heavy (non-hydrogen) atoms. The molecule has 0 saturated heterocycles. The highest BCUT2D eigenvalue weighted by molar-refractivity contribution is 6.32. The number of aromatic nitrogens is 2. The van der Waals surface area contributed by atoms with E-state index in [4.69, 9.17) is 16.3 Å². The van der Waals surface area contributed by atoms with E-state index in [2.05, 4.69) is 15.3 Å². The minimum Gasteiger partial charge on any atom is -0.495 e. The van der Waals surface area contributed by atoms with Gasteiger partial charge in [0.05, 0.1) is 17.7 Å². The summed E-state index contributed by atoms with van der Waals surface area (Å²) in [5.41, 5.74) is 2.47. The lowest BCUT2D eigenvalue weighted by Gasteiger charge is -2.17. The molecule has 1 amide bonds. The van der Waals surface area contributed by atoms with Crippen molar-refractivity contribution in [3.05, 3.63) is 77.2 Å². The first-order chi connectivity index (χ1) is 13.6. The number of likely N-dealkylation sites (N-methyl/N-ethyl adjacent to an activating group) is 1. The summed E-state index contributed by atoms with van der Waals surface area (Å²) in [6.07, 6.45) is 5.85. The fourth-order valence-corrected chi connectivity index (χ4v) is 2.91. The van der Waals surface area contributed by atoms with Crippen molar-refractivity contribution in [2.24, 2.45) is 0 Å². The van der Waals surface area contributed by atoms with Gasteiger partial charge in [0, 0.05) is 37.9 Å². The molecule has 1 N–H and O–H groups in total. The summed E-state index contributed by atoms with van der Waals surface area (Å²) in [6, 6.07) is 12.8. The van der Waals surface area contributed by atoms with Gasteiger partial charge in [0.15, 0.2) is 0 Å². The second-order valence-electron chi connectivity index (χ2n) is 6.24. The molecule has 0 saturated carbocycles. The number of anilines is 2. The van der Waals surface area contributed by atoms with Crippen LogP contribution in [0.15, 0.2) is 61.1 Å². The van der Waals surface area contributed by atoms with Gasteiger partial charge in [0.25, 0.3) is 5.91 Å². The fourth-order valence-electron chi connectivity index (χ4n) is 2.65. The van der Waals surface area contributed by atoms with E-state index in [0.29, 0.717) is 28.7 Å². The van der Waals surface area contributed by atoms with Crippen LogP contribution in [-0.4, -0.2) is 41.5 Å². The number of nitrogens with zero attached hydrogens (tertiary/aromatic N) is 3. The number of carbonyl (C=O) groups excluding carboxylic acids is 1. The summed E-state index contributed by atoms with van der Waals surface area (Å²) in [5.74, 6) is 1.16. The summed E-state index contributed by atoms with van der Waals surface area (Å²) < 4.78 is 5.14. The number of hydrogen-bond donors (Lipinski definition) is 1. The van der Waals surface area contributed by atoms with E-state index in [1.54, 1.807) is 61.9 Å². The van der Waals surface area contributed by atoms with Crippen LogP contribution in [-0.2, 0) is 6.42 Å². The summed E-state index contributed by atoms with van der Waals surface area (Å²) in [6.45, 7) is 0.618. The quantitative estimate of drug-likeness (QED) is 0.648. The molecule has 1 aromatic carbocycles. The molecule has 3 rings (SSSR count). The third-order valence-electron chi connectivity index (χ3n) is 4.27. The van der Waals surface area contributed by atoms with Gasteiger partial charge in [-0.2, -0.15) is 0 Å². The number of hydrogen-bond acceptors (Lipinski definition) is 5. The first kappa shape index (κ1) is 19.6. The topological polar surface area (TPSA) is 67.3 Å². The van der Waals surface area contributed by atoms with Crippen molar-refractivity contribution in [3.8, 4) is 5.75 Å². The highest BCUT2D eigenvalue weighted by Gasteiger charge is 2.12. The number of rotatable bonds is 7. The number of carbonyl (C=O) groups is 1. The summed E-state index contributed by atoms with van der Waals surface area (Å²) in [5, 5.41) is 3.67. The van der Waals surface area contributed by atoms with Crippen LogP contribution in [0.25, 0.3) is 0 Å². The highest BCUT2D eigenvalue weighted by Crippen LogP contribution is 2.28. The monoisotopic (exact) mass is 396 g/mol. The Kier molecular flexibility index (Phi) is 6.45. The normalized spacial score (nSPS) is 10.4. The van der Waals surface area contributed by atoms with E-state index in [9.17, 15) is 4.79 Å². The molecule has 0 aliphatic heterocycles. The predicted octanol–water partition coefficient (Wildman–Crippen LogP) is 4.20. The number of pyridine rings is 2. The van der Waals surface area contributed by atoms with Gasteiger partial charge >= 0.3 is 0 Å². The molecule has 0 radical (unpaired) electrons. The van der Waals surface area contributed by atoms with Gasteiger partial charge in [-0.15, -0.1) is 0 Å². The first-order valence-corrected chi connectivity index (χ1v) is 9.15. The van der Waals surface area contributed by atoms with Crippen molar-refractivity contribution in [1.82, 2.24) is 14.9 Å². The van der Waals surface area contributed by atoms with E-state index in [0.717, 1.165) is 17.7 Å². The third-order valence-corrected chi connectivity index (χ3v) is 4.56. The van der Waals surface area contributed by atoms with Gasteiger partial charge in [-0.05, 0) is 54.4 Å². The second-order valence-corrected chi connectivity index (χ2v) is 6.65. The summed E-state index contributed by atoms with van der Waals surface area (Å²) in [7, 11) is 3.36. The van der Waals surface area contributed by atoms with Gasteiger partial charge in [-0.3, -0.25) is 9.78 Å². The molecular formula is C21H21ClN4O2. The second kappa shape index (κ2) is 9.19. The Bertz CT molecular complexity index is 933. The number of benzene rings is 1. The molecule has 0 bridgehead atoms. The van der Waals surface area contributed by atoms with Crippen LogP contribution in [0, 0.1) is 0 Å². The third kappa shape index (κ3) is 4.98. The van der Waals surface area contributed by atoms with E-state index < -0.39 is 0 Å². The summed E-state index contributed by atoms with van der Waals surface area (Å²) in [4.78, 5) is 22.6. The fraction of sp³-hybridized carbons (Fsp3) is 0.190. The molecule has 6 nitrogen and oxygen atoms in total. The molecule has 0 unspecified atom stereocenters. The maximum atomic E-state index is 12.6. The van der Waals surface area contributed by atoms with Gasteiger partial charge in [-0.25, -0.2) is 4.98 Å². The molecule has 2 heterocycles. The Morgan fingerprint density at radius 2 is 1.96 bits per heavy atom. The van der Waals surface area contributed by atoms with Gasteiger partial charge in [0.2, 0.25) is 0 Å². The van der Waals surface area contributed by atoms with Gasteiger partial charge < -0.3 is 15.0 Å². The average molecular weight is 397 g/mol. The van der Waals surface area contributed by atoms with Crippen LogP contribution >= 0.6 is 11.6 Å². The Morgan fingerprint density at radius 3 is 2.61 bits per heavy atom. The minimum atomic E-state index is -0.0689. The lowest BCUT2D eigenvalue weighted by molar-refractivity contribution is 0.0796. The van der Waals surface area contributed by atoms with Gasteiger partial charge in [-0.1, -0.05) is 11.6 Å². The zero-order chi connectivity index (χ0) is 19.9. The number of methoxy groups -OCH3 is 1. The largest absolute Gasteiger partial charge is 0.495 e. The standard InChI is InChI=1S/C21H21ClN4O2/c1-26(12-9-15-7-10-23-11-8-15)21(27)16-3-6-20(24-14-16)25-17-4-5-19(28-2)18(22)13-17/h3-8,10-11,13-14H,9,12H2,1-2H3,(H,24,25). The van der Waals surface area contributed by atoms with Crippen LogP contribution in [0.2, 0.25) is 5.02 Å². The number of halogens is 1. The van der Waals surface area contributed by atoms with E-state index >= 15 is 0 Å². The number of nitrogens with one attached hydrogen (secondary N) is 1. The molecule has 0 aliphatic rings. The molecule has 7 heteroatoms. The zero-order valence-electron chi connectivity index (χ0n) is 15.7. The van der Waals surface area contributed by atoms with Crippen LogP contribution in [0.1, 0.15) is 15.9 Å². The van der Waals surface area contributed by atoms with Crippen LogP contribution in [0.5, 0.6) is 5.75 Å². The first-order valence-electron chi connectivity index (χ1n) is 8.78. The van der Waals surface area contributed by atoms with Gasteiger partial charge in [0.1, 0.15) is 11.6 Å². The number of ether oxygens (including phenoxy) is 1. The maximum absolute atomic E-state index is 12.6. The average Bonchev–Trinajstić information content (AvgIpc) is 2.73. The smallest absolute Gasteiger partial charge is 0.255 e. The van der Waals surface area contributed by atoms with E-state index in [-0.39, 0.29) is 5.91 Å².